The Hall–Kier alpha value is -0.530. The minimum absolute atomic E-state index is 0.508. The quantitative estimate of drug-likeness (QED) is 0.813. The average molecular weight is 238 g/mol. The summed E-state index contributed by atoms with van der Waals surface area (Å²) in [5, 5.41) is 4.44. The first kappa shape index (κ1) is 11.9. The van der Waals surface area contributed by atoms with Crippen molar-refractivity contribution in [2.45, 2.75) is 39.2 Å². The van der Waals surface area contributed by atoms with Crippen molar-refractivity contribution in [1.29, 1.82) is 0 Å². The first-order valence-electron chi connectivity index (χ1n) is 6.20. The molecule has 1 aromatic carbocycles. The maximum atomic E-state index is 6.06. The number of hydrogen-bond acceptors (Lipinski definition) is 1. The van der Waals surface area contributed by atoms with E-state index < -0.39 is 0 Å². The molecule has 1 atom stereocenters. The van der Waals surface area contributed by atoms with Gasteiger partial charge in [-0.3, -0.25) is 0 Å². The van der Waals surface area contributed by atoms with Crippen LogP contribution in [-0.2, 0) is 0 Å². The second-order valence-electron chi connectivity index (χ2n) is 4.80. The third-order valence-electron chi connectivity index (χ3n) is 3.30. The Kier molecular flexibility index (Phi) is 3.88. The van der Waals surface area contributed by atoms with Gasteiger partial charge in [0, 0.05) is 11.1 Å². The van der Waals surface area contributed by atoms with Crippen molar-refractivity contribution in [3.63, 3.8) is 0 Å². The molecule has 0 bridgehead atoms. The van der Waals surface area contributed by atoms with Crippen LogP contribution in [0, 0.1) is 12.8 Å². The minimum atomic E-state index is 0.508. The van der Waals surface area contributed by atoms with Crippen molar-refractivity contribution < 1.29 is 0 Å². The predicted octanol–water partition coefficient (Wildman–Crippen LogP) is 4.10. The Labute approximate surface area is 103 Å². The summed E-state index contributed by atoms with van der Waals surface area (Å²) in [5.41, 5.74) is 2.56. The van der Waals surface area contributed by atoms with Gasteiger partial charge in [-0.25, -0.2) is 0 Å². The molecular weight excluding hydrogens is 218 g/mol. The number of benzene rings is 1. The van der Waals surface area contributed by atoms with Crippen molar-refractivity contribution in [3.05, 3.63) is 34.3 Å². The van der Waals surface area contributed by atoms with Crippen molar-refractivity contribution >= 4 is 11.6 Å². The van der Waals surface area contributed by atoms with E-state index in [4.69, 9.17) is 11.6 Å². The van der Waals surface area contributed by atoms with E-state index >= 15 is 0 Å². The molecule has 88 valence electrons. The van der Waals surface area contributed by atoms with Gasteiger partial charge in [0.05, 0.1) is 0 Å². The molecule has 0 aliphatic heterocycles. The van der Waals surface area contributed by atoms with E-state index in [0.29, 0.717) is 6.04 Å². The highest BCUT2D eigenvalue weighted by atomic mass is 35.5. The fourth-order valence-corrected chi connectivity index (χ4v) is 2.27. The Balaban J connectivity index is 2.12. The number of nitrogens with one attached hydrogen (secondary N) is 1. The molecule has 1 aromatic rings. The number of hydrogen-bond donors (Lipinski definition) is 1. The zero-order valence-electron chi connectivity index (χ0n) is 10.1. The van der Waals surface area contributed by atoms with Crippen LogP contribution in [-0.4, -0.2) is 6.54 Å². The summed E-state index contributed by atoms with van der Waals surface area (Å²) < 4.78 is 0. The van der Waals surface area contributed by atoms with Gasteiger partial charge in [0.2, 0.25) is 0 Å². The van der Waals surface area contributed by atoms with E-state index in [2.05, 4.69) is 31.3 Å². The Morgan fingerprint density at radius 1 is 1.44 bits per heavy atom. The largest absolute Gasteiger partial charge is 0.310 e. The van der Waals surface area contributed by atoms with Gasteiger partial charge in [0.1, 0.15) is 0 Å². The maximum absolute atomic E-state index is 6.06. The molecule has 16 heavy (non-hydrogen) atoms. The molecule has 1 N–H and O–H groups in total. The lowest BCUT2D eigenvalue weighted by atomic mass is 9.99. The van der Waals surface area contributed by atoms with Crippen LogP contribution in [0.5, 0.6) is 0 Å². The lowest BCUT2D eigenvalue weighted by molar-refractivity contribution is 0.486. The lowest BCUT2D eigenvalue weighted by Gasteiger charge is -2.19. The first-order chi connectivity index (χ1) is 7.70. The molecule has 0 spiro atoms. The minimum Gasteiger partial charge on any atom is -0.310 e. The molecule has 0 aromatic heterocycles. The normalized spacial score (nSPS) is 17.4. The molecule has 1 aliphatic carbocycles. The lowest BCUT2D eigenvalue weighted by Crippen LogP contribution is -2.21. The van der Waals surface area contributed by atoms with Gasteiger partial charge < -0.3 is 5.32 Å². The molecule has 0 amide bonds. The maximum Gasteiger partial charge on any atom is 0.0435 e. The van der Waals surface area contributed by atoms with Gasteiger partial charge in [-0.2, -0.15) is 0 Å². The van der Waals surface area contributed by atoms with Crippen LogP contribution in [0.3, 0.4) is 0 Å². The van der Waals surface area contributed by atoms with E-state index in [1.807, 2.05) is 6.07 Å². The second-order valence-corrected chi connectivity index (χ2v) is 5.21. The van der Waals surface area contributed by atoms with Gasteiger partial charge in [-0.15, -0.1) is 0 Å². The van der Waals surface area contributed by atoms with Gasteiger partial charge in [0.25, 0.3) is 0 Å². The van der Waals surface area contributed by atoms with Crippen molar-refractivity contribution in [1.82, 2.24) is 5.32 Å². The van der Waals surface area contributed by atoms with Crippen LogP contribution >= 0.6 is 11.6 Å². The molecule has 0 radical (unpaired) electrons. The fourth-order valence-electron chi connectivity index (χ4n) is 2.16. The highest BCUT2D eigenvalue weighted by molar-refractivity contribution is 6.31. The monoisotopic (exact) mass is 237 g/mol. The second kappa shape index (κ2) is 5.20. The molecule has 1 fully saturated rings. The summed E-state index contributed by atoms with van der Waals surface area (Å²) in [7, 11) is 0. The third-order valence-corrected chi connectivity index (χ3v) is 3.72. The zero-order chi connectivity index (χ0) is 11.5. The summed E-state index contributed by atoms with van der Waals surface area (Å²) in [4.78, 5) is 0. The highest BCUT2D eigenvalue weighted by Gasteiger charge is 2.25. The van der Waals surface area contributed by atoms with Crippen LogP contribution < -0.4 is 5.32 Å². The number of rotatable bonds is 5. The summed E-state index contributed by atoms with van der Waals surface area (Å²) in [6.45, 7) is 5.27. The van der Waals surface area contributed by atoms with Gasteiger partial charge >= 0.3 is 0 Å². The Bertz CT molecular complexity index is 358. The van der Waals surface area contributed by atoms with Crippen LogP contribution in [0.2, 0.25) is 5.02 Å². The smallest absolute Gasteiger partial charge is 0.0435 e. The molecule has 0 saturated heterocycles. The molecule has 1 nitrogen and oxygen atoms in total. The molecule has 1 saturated carbocycles. The van der Waals surface area contributed by atoms with Gasteiger partial charge in [0.15, 0.2) is 0 Å². The fraction of sp³-hybridized carbons (Fsp3) is 0.571. The summed E-state index contributed by atoms with van der Waals surface area (Å²) in [5.74, 6) is 0.944. The molecule has 1 unspecified atom stereocenters. The van der Waals surface area contributed by atoms with E-state index in [-0.39, 0.29) is 0 Å². The highest BCUT2D eigenvalue weighted by Crippen LogP contribution is 2.38. The SMILES string of the molecule is CCNC(CC1CC1)c1ccc(Cl)c(C)c1. The van der Waals surface area contributed by atoms with E-state index in [1.165, 1.54) is 30.4 Å². The van der Waals surface area contributed by atoms with E-state index in [1.54, 1.807) is 0 Å². The molecule has 1 aliphatic rings. The first-order valence-corrected chi connectivity index (χ1v) is 6.58. The standard InChI is InChI=1S/C14H20ClN/c1-3-16-14(9-11-4-5-11)12-6-7-13(15)10(2)8-12/h6-8,11,14,16H,3-5,9H2,1-2H3. The summed E-state index contributed by atoms with van der Waals surface area (Å²) >= 11 is 6.06. The average Bonchev–Trinajstić information content (AvgIpc) is 3.05. The molecule has 2 rings (SSSR count). The van der Waals surface area contributed by atoms with Crippen molar-refractivity contribution in [3.8, 4) is 0 Å². The third kappa shape index (κ3) is 2.99. The van der Waals surface area contributed by atoms with Gasteiger partial charge in [-0.05, 0) is 43.0 Å². The van der Waals surface area contributed by atoms with Crippen molar-refractivity contribution in [2.24, 2.45) is 5.92 Å². The summed E-state index contributed by atoms with van der Waals surface area (Å²) in [6.07, 6.45) is 4.10. The van der Waals surface area contributed by atoms with E-state index in [0.717, 1.165) is 17.5 Å². The van der Waals surface area contributed by atoms with Crippen molar-refractivity contribution in [2.75, 3.05) is 6.54 Å². The van der Waals surface area contributed by atoms with Crippen LogP contribution in [0.15, 0.2) is 18.2 Å². The molecule has 0 heterocycles. The topological polar surface area (TPSA) is 12.0 Å². The summed E-state index contributed by atoms with van der Waals surface area (Å²) in [6, 6.07) is 6.90. The molecule has 2 heteroatoms. The van der Waals surface area contributed by atoms with Crippen LogP contribution in [0.25, 0.3) is 0 Å². The zero-order valence-corrected chi connectivity index (χ0v) is 10.8. The Morgan fingerprint density at radius 2 is 2.19 bits per heavy atom. The molecular formula is C14H20ClN. The van der Waals surface area contributed by atoms with Crippen LogP contribution in [0.4, 0.5) is 0 Å². The predicted molar refractivity (Wildman–Crippen MR) is 69.9 cm³/mol. The number of aryl methyl sites for hydroxylation is 1. The van der Waals surface area contributed by atoms with Gasteiger partial charge in [-0.1, -0.05) is 43.5 Å². The Morgan fingerprint density at radius 3 is 2.75 bits per heavy atom. The van der Waals surface area contributed by atoms with E-state index in [9.17, 15) is 0 Å². The van der Waals surface area contributed by atoms with Crippen LogP contribution in [0.1, 0.15) is 43.4 Å². The number of halogens is 1.